The van der Waals surface area contributed by atoms with Gasteiger partial charge in [-0.3, -0.25) is 0 Å². The molecule has 0 saturated carbocycles. The summed E-state index contributed by atoms with van der Waals surface area (Å²) in [4.78, 5) is 1.49. The standard InChI is InChI=1S/C16H21NS/c1-2-6-13(5-1)9-10-17-12-15-11-14-7-3-4-8-16(14)18-15/h3-5,7-8,15,17H,1-2,6,9-12H2. The molecule has 1 nitrogen and oxygen atoms in total. The van der Waals surface area contributed by atoms with Gasteiger partial charge in [-0.25, -0.2) is 0 Å². The summed E-state index contributed by atoms with van der Waals surface area (Å²) < 4.78 is 0. The molecule has 0 radical (unpaired) electrons. The van der Waals surface area contributed by atoms with Crippen LogP contribution in [0.25, 0.3) is 0 Å². The van der Waals surface area contributed by atoms with Gasteiger partial charge in [0, 0.05) is 16.7 Å². The van der Waals surface area contributed by atoms with Gasteiger partial charge >= 0.3 is 0 Å². The highest BCUT2D eigenvalue weighted by molar-refractivity contribution is 8.00. The van der Waals surface area contributed by atoms with Crippen LogP contribution in [-0.2, 0) is 6.42 Å². The molecule has 0 aromatic heterocycles. The lowest BCUT2D eigenvalue weighted by molar-refractivity contribution is 0.654. The van der Waals surface area contributed by atoms with Crippen molar-refractivity contribution in [2.45, 2.75) is 42.2 Å². The molecule has 0 saturated heterocycles. The number of hydrogen-bond donors (Lipinski definition) is 1. The van der Waals surface area contributed by atoms with Gasteiger partial charge in [0.2, 0.25) is 0 Å². The van der Waals surface area contributed by atoms with Crippen molar-refractivity contribution in [1.82, 2.24) is 5.32 Å². The third-order valence-electron chi connectivity index (χ3n) is 3.84. The minimum Gasteiger partial charge on any atom is -0.315 e. The first-order valence-corrected chi connectivity index (χ1v) is 7.93. The van der Waals surface area contributed by atoms with Gasteiger partial charge in [0.25, 0.3) is 0 Å². The van der Waals surface area contributed by atoms with Gasteiger partial charge in [0.1, 0.15) is 0 Å². The molecule has 1 atom stereocenters. The van der Waals surface area contributed by atoms with Gasteiger partial charge in [0.05, 0.1) is 0 Å². The largest absolute Gasteiger partial charge is 0.315 e. The highest BCUT2D eigenvalue weighted by Gasteiger charge is 2.20. The highest BCUT2D eigenvalue weighted by atomic mass is 32.2. The molecule has 18 heavy (non-hydrogen) atoms. The van der Waals surface area contributed by atoms with E-state index in [1.54, 1.807) is 5.57 Å². The zero-order valence-corrected chi connectivity index (χ0v) is 11.6. The van der Waals surface area contributed by atoms with E-state index < -0.39 is 0 Å². The Kier molecular flexibility index (Phi) is 4.06. The van der Waals surface area contributed by atoms with Crippen molar-refractivity contribution in [3.63, 3.8) is 0 Å². The fraction of sp³-hybridized carbons (Fsp3) is 0.500. The predicted octanol–water partition coefficient (Wildman–Crippen LogP) is 3.79. The van der Waals surface area contributed by atoms with Gasteiger partial charge in [-0.1, -0.05) is 29.8 Å². The van der Waals surface area contributed by atoms with Crippen molar-refractivity contribution in [2.75, 3.05) is 13.1 Å². The molecule has 3 rings (SSSR count). The Balaban J connectivity index is 1.38. The van der Waals surface area contributed by atoms with E-state index in [0.29, 0.717) is 0 Å². The fourth-order valence-corrected chi connectivity index (χ4v) is 4.13. The predicted molar refractivity (Wildman–Crippen MR) is 79.2 cm³/mol. The second-order valence-corrected chi connectivity index (χ2v) is 6.60. The molecule has 1 heterocycles. The Hall–Kier alpha value is -0.730. The van der Waals surface area contributed by atoms with Crippen LogP contribution in [0.3, 0.4) is 0 Å². The van der Waals surface area contributed by atoms with Crippen LogP contribution in [0.4, 0.5) is 0 Å². The molecule has 2 aliphatic rings. The van der Waals surface area contributed by atoms with Crippen molar-refractivity contribution >= 4 is 11.8 Å². The van der Waals surface area contributed by atoms with Gasteiger partial charge in [0.15, 0.2) is 0 Å². The number of allylic oxidation sites excluding steroid dienone is 1. The fourth-order valence-electron chi connectivity index (χ4n) is 2.84. The smallest absolute Gasteiger partial charge is 0.0260 e. The van der Waals surface area contributed by atoms with Crippen LogP contribution in [0.2, 0.25) is 0 Å². The summed E-state index contributed by atoms with van der Waals surface area (Å²) in [5.74, 6) is 0. The Morgan fingerprint density at radius 1 is 1.28 bits per heavy atom. The SMILES string of the molecule is C1=C(CCNCC2Cc3ccccc3S2)CCC1. The lowest BCUT2D eigenvalue weighted by Gasteiger charge is -2.10. The molecule has 0 spiro atoms. The van der Waals surface area contributed by atoms with Crippen molar-refractivity contribution in [3.05, 3.63) is 41.5 Å². The van der Waals surface area contributed by atoms with E-state index in [2.05, 4.69) is 35.7 Å². The van der Waals surface area contributed by atoms with Gasteiger partial charge in [-0.2, -0.15) is 0 Å². The van der Waals surface area contributed by atoms with Crippen LogP contribution in [-0.4, -0.2) is 18.3 Å². The molecular formula is C16H21NS. The Morgan fingerprint density at radius 2 is 2.22 bits per heavy atom. The highest BCUT2D eigenvalue weighted by Crippen LogP contribution is 2.36. The summed E-state index contributed by atoms with van der Waals surface area (Å²) >= 11 is 2.04. The number of hydrogen-bond acceptors (Lipinski definition) is 2. The first-order chi connectivity index (χ1) is 8.92. The zero-order chi connectivity index (χ0) is 12.2. The monoisotopic (exact) mass is 259 g/mol. The molecule has 1 N–H and O–H groups in total. The van der Waals surface area contributed by atoms with Crippen LogP contribution in [0.15, 0.2) is 40.8 Å². The van der Waals surface area contributed by atoms with Crippen LogP contribution in [0.5, 0.6) is 0 Å². The van der Waals surface area contributed by atoms with E-state index in [0.717, 1.165) is 18.3 Å². The normalized spacial score (nSPS) is 22.0. The van der Waals surface area contributed by atoms with Crippen molar-refractivity contribution < 1.29 is 0 Å². The number of thioether (sulfide) groups is 1. The molecule has 1 unspecified atom stereocenters. The third-order valence-corrected chi connectivity index (χ3v) is 5.16. The van der Waals surface area contributed by atoms with Crippen molar-refractivity contribution in [3.8, 4) is 0 Å². The van der Waals surface area contributed by atoms with Crippen molar-refractivity contribution in [2.24, 2.45) is 0 Å². The van der Waals surface area contributed by atoms with E-state index in [4.69, 9.17) is 0 Å². The molecule has 2 heteroatoms. The Bertz CT molecular complexity index is 413. The zero-order valence-electron chi connectivity index (χ0n) is 10.8. The second-order valence-electron chi connectivity index (χ2n) is 5.26. The summed E-state index contributed by atoms with van der Waals surface area (Å²) in [7, 11) is 0. The van der Waals surface area contributed by atoms with E-state index in [1.807, 2.05) is 11.8 Å². The molecule has 1 aliphatic carbocycles. The lowest BCUT2D eigenvalue weighted by atomic mass is 10.1. The minimum absolute atomic E-state index is 0.736. The van der Waals surface area contributed by atoms with E-state index >= 15 is 0 Å². The minimum atomic E-state index is 0.736. The van der Waals surface area contributed by atoms with Crippen LogP contribution >= 0.6 is 11.8 Å². The molecule has 1 aromatic carbocycles. The van der Waals surface area contributed by atoms with E-state index in [1.165, 1.54) is 42.6 Å². The molecule has 0 fully saturated rings. The van der Waals surface area contributed by atoms with Crippen molar-refractivity contribution in [1.29, 1.82) is 0 Å². The second kappa shape index (κ2) is 5.94. The number of benzene rings is 1. The summed E-state index contributed by atoms with van der Waals surface area (Å²) in [6.45, 7) is 2.30. The Morgan fingerprint density at radius 3 is 3.06 bits per heavy atom. The maximum absolute atomic E-state index is 3.63. The van der Waals surface area contributed by atoms with Crippen LogP contribution < -0.4 is 5.32 Å². The summed E-state index contributed by atoms with van der Waals surface area (Å²) in [5.41, 5.74) is 3.21. The quantitative estimate of drug-likeness (QED) is 0.638. The van der Waals surface area contributed by atoms with E-state index in [-0.39, 0.29) is 0 Å². The van der Waals surface area contributed by atoms with Gasteiger partial charge in [-0.15, -0.1) is 11.8 Å². The van der Waals surface area contributed by atoms with Crippen LogP contribution in [0.1, 0.15) is 31.2 Å². The maximum Gasteiger partial charge on any atom is 0.0260 e. The molecular weight excluding hydrogens is 238 g/mol. The van der Waals surface area contributed by atoms with Crippen LogP contribution in [0, 0.1) is 0 Å². The molecule has 1 aromatic rings. The Labute approximate surface area is 114 Å². The van der Waals surface area contributed by atoms with Gasteiger partial charge in [-0.05, 0) is 50.3 Å². The average molecular weight is 259 g/mol. The molecule has 0 bridgehead atoms. The first kappa shape index (κ1) is 12.3. The molecule has 0 amide bonds. The molecule has 1 aliphatic heterocycles. The summed E-state index contributed by atoms with van der Waals surface area (Å²) in [6, 6.07) is 8.82. The topological polar surface area (TPSA) is 12.0 Å². The number of fused-ring (bicyclic) bond motifs is 1. The summed E-state index contributed by atoms with van der Waals surface area (Å²) in [6.07, 6.45) is 8.94. The average Bonchev–Trinajstić information content (AvgIpc) is 3.03. The first-order valence-electron chi connectivity index (χ1n) is 7.05. The summed E-state index contributed by atoms with van der Waals surface area (Å²) in [5, 5.41) is 4.36. The molecule has 96 valence electrons. The number of rotatable bonds is 5. The third kappa shape index (κ3) is 2.99. The van der Waals surface area contributed by atoms with Gasteiger partial charge < -0.3 is 5.32 Å². The lowest BCUT2D eigenvalue weighted by Crippen LogP contribution is -2.25. The number of nitrogens with one attached hydrogen (secondary N) is 1. The maximum atomic E-state index is 3.63. The van der Waals surface area contributed by atoms with E-state index in [9.17, 15) is 0 Å².